The number of piperidine rings is 2. The Morgan fingerprint density at radius 2 is 2.11 bits per heavy atom. The van der Waals surface area contributed by atoms with Crippen molar-refractivity contribution in [1.29, 1.82) is 0 Å². The standard InChI is InChI=1S/C15H26N4/c1-18-8-5-13(6-9-18)11-19-12-16-10-15(19)14-4-2-3-7-17-14/h10,12-14,17H,2-9,11H2,1H3. The van der Waals surface area contributed by atoms with E-state index in [0.29, 0.717) is 6.04 Å². The second kappa shape index (κ2) is 6.06. The van der Waals surface area contributed by atoms with Crippen molar-refractivity contribution in [2.45, 2.75) is 44.7 Å². The Labute approximate surface area is 116 Å². The smallest absolute Gasteiger partial charge is 0.0948 e. The molecule has 3 heterocycles. The summed E-state index contributed by atoms with van der Waals surface area (Å²) in [5.41, 5.74) is 1.40. The first-order chi connectivity index (χ1) is 9.33. The van der Waals surface area contributed by atoms with Crippen molar-refractivity contribution in [3.8, 4) is 0 Å². The van der Waals surface area contributed by atoms with E-state index in [1.54, 1.807) is 0 Å². The van der Waals surface area contributed by atoms with Crippen LogP contribution in [0.15, 0.2) is 12.5 Å². The lowest BCUT2D eigenvalue weighted by Gasteiger charge is -2.30. The number of imidazole rings is 1. The number of rotatable bonds is 3. The molecule has 0 saturated carbocycles. The minimum absolute atomic E-state index is 0.530. The molecular weight excluding hydrogens is 236 g/mol. The molecule has 19 heavy (non-hydrogen) atoms. The lowest BCUT2D eigenvalue weighted by Crippen LogP contribution is -2.33. The van der Waals surface area contributed by atoms with Gasteiger partial charge >= 0.3 is 0 Å². The predicted octanol–water partition coefficient (Wildman–Crippen LogP) is 2.04. The van der Waals surface area contributed by atoms with Crippen LogP contribution in [0, 0.1) is 5.92 Å². The minimum atomic E-state index is 0.530. The van der Waals surface area contributed by atoms with Crippen molar-refractivity contribution in [3.63, 3.8) is 0 Å². The van der Waals surface area contributed by atoms with Crippen LogP contribution in [0.5, 0.6) is 0 Å². The van der Waals surface area contributed by atoms with E-state index in [1.165, 1.54) is 50.9 Å². The van der Waals surface area contributed by atoms with Crippen molar-refractivity contribution in [3.05, 3.63) is 18.2 Å². The lowest BCUT2D eigenvalue weighted by atomic mass is 9.96. The molecule has 0 aromatic carbocycles. The number of likely N-dealkylation sites (tertiary alicyclic amines) is 1. The van der Waals surface area contributed by atoms with Gasteiger partial charge in [-0.05, 0) is 58.3 Å². The molecule has 0 spiro atoms. The average molecular weight is 262 g/mol. The van der Waals surface area contributed by atoms with Gasteiger partial charge in [0.15, 0.2) is 0 Å². The fourth-order valence-corrected chi connectivity index (χ4v) is 3.40. The summed E-state index contributed by atoms with van der Waals surface area (Å²) in [6, 6.07) is 0.530. The molecule has 0 amide bonds. The second-order valence-corrected chi connectivity index (χ2v) is 6.22. The molecule has 4 nitrogen and oxygen atoms in total. The summed E-state index contributed by atoms with van der Waals surface area (Å²) in [7, 11) is 2.23. The lowest BCUT2D eigenvalue weighted by molar-refractivity contribution is 0.203. The van der Waals surface area contributed by atoms with Crippen LogP contribution < -0.4 is 5.32 Å². The van der Waals surface area contributed by atoms with Crippen molar-refractivity contribution in [1.82, 2.24) is 19.8 Å². The van der Waals surface area contributed by atoms with Crippen LogP contribution >= 0.6 is 0 Å². The summed E-state index contributed by atoms with van der Waals surface area (Å²) in [6.45, 7) is 4.80. The van der Waals surface area contributed by atoms with E-state index in [2.05, 4.69) is 33.0 Å². The topological polar surface area (TPSA) is 33.1 Å². The Morgan fingerprint density at radius 1 is 1.26 bits per heavy atom. The zero-order valence-electron chi connectivity index (χ0n) is 12.0. The highest BCUT2D eigenvalue weighted by Gasteiger charge is 2.21. The van der Waals surface area contributed by atoms with Crippen LogP contribution in [-0.2, 0) is 6.54 Å². The van der Waals surface area contributed by atoms with Gasteiger partial charge in [0, 0.05) is 18.8 Å². The normalized spacial score (nSPS) is 26.7. The van der Waals surface area contributed by atoms with Gasteiger partial charge in [-0.2, -0.15) is 0 Å². The maximum Gasteiger partial charge on any atom is 0.0948 e. The van der Waals surface area contributed by atoms with Gasteiger partial charge in [-0.3, -0.25) is 0 Å². The minimum Gasteiger partial charge on any atom is -0.333 e. The second-order valence-electron chi connectivity index (χ2n) is 6.22. The molecule has 2 aliphatic heterocycles. The Kier molecular flexibility index (Phi) is 4.18. The fraction of sp³-hybridized carbons (Fsp3) is 0.800. The summed E-state index contributed by atoms with van der Waals surface area (Å²) < 4.78 is 2.40. The van der Waals surface area contributed by atoms with Gasteiger partial charge in [-0.1, -0.05) is 6.42 Å². The quantitative estimate of drug-likeness (QED) is 0.905. The molecule has 0 aliphatic carbocycles. The van der Waals surface area contributed by atoms with Gasteiger partial charge in [-0.25, -0.2) is 4.98 Å². The van der Waals surface area contributed by atoms with E-state index in [0.717, 1.165) is 19.0 Å². The van der Waals surface area contributed by atoms with Gasteiger partial charge in [0.05, 0.1) is 12.0 Å². The van der Waals surface area contributed by atoms with Crippen LogP contribution in [0.25, 0.3) is 0 Å². The van der Waals surface area contributed by atoms with Crippen molar-refractivity contribution in [2.24, 2.45) is 5.92 Å². The number of hydrogen-bond acceptors (Lipinski definition) is 3. The third-order valence-corrected chi connectivity index (χ3v) is 4.70. The molecule has 1 N–H and O–H groups in total. The Morgan fingerprint density at radius 3 is 2.84 bits per heavy atom. The van der Waals surface area contributed by atoms with Crippen LogP contribution in [0.1, 0.15) is 43.8 Å². The maximum atomic E-state index is 4.39. The van der Waals surface area contributed by atoms with Crippen molar-refractivity contribution in [2.75, 3.05) is 26.7 Å². The largest absolute Gasteiger partial charge is 0.333 e. The van der Waals surface area contributed by atoms with E-state index in [4.69, 9.17) is 0 Å². The highest BCUT2D eigenvalue weighted by Crippen LogP contribution is 2.25. The Bertz CT molecular complexity index is 387. The van der Waals surface area contributed by atoms with Crippen molar-refractivity contribution < 1.29 is 0 Å². The van der Waals surface area contributed by atoms with E-state index < -0.39 is 0 Å². The van der Waals surface area contributed by atoms with E-state index in [-0.39, 0.29) is 0 Å². The monoisotopic (exact) mass is 262 g/mol. The van der Waals surface area contributed by atoms with Gasteiger partial charge in [0.25, 0.3) is 0 Å². The van der Waals surface area contributed by atoms with Crippen LogP contribution in [0.3, 0.4) is 0 Å². The summed E-state index contributed by atoms with van der Waals surface area (Å²) in [6.07, 6.45) is 10.7. The molecule has 1 aromatic heterocycles. The maximum absolute atomic E-state index is 4.39. The summed E-state index contributed by atoms with van der Waals surface area (Å²) in [5.74, 6) is 0.827. The molecule has 2 aliphatic rings. The molecule has 2 fully saturated rings. The molecular formula is C15H26N4. The first-order valence-electron chi connectivity index (χ1n) is 7.75. The first-order valence-corrected chi connectivity index (χ1v) is 7.75. The molecule has 1 unspecified atom stereocenters. The SMILES string of the molecule is CN1CCC(Cn2cncc2C2CCCCN2)CC1. The summed E-state index contributed by atoms with van der Waals surface area (Å²) >= 11 is 0. The third kappa shape index (κ3) is 3.18. The van der Waals surface area contributed by atoms with Crippen LogP contribution in [-0.4, -0.2) is 41.1 Å². The van der Waals surface area contributed by atoms with Gasteiger partial charge in [0.2, 0.25) is 0 Å². The van der Waals surface area contributed by atoms with E-state index >= 15 is 0 Å². The van der Waals surface area contributed by atoms with E-state index in [9.17, 15) is 0 Å². The molecule has 3 rings (SSSR count). The van der Waals surface area contributed by atoms with Crippen molar-refractivity contribution >= 4 is 0 Å². The summed E-state index contributed by atoms with van der Waals surface area (Å²) in [4.78, 5) is 6.83. The molecule has 1 atom stereocenters. The van der Waals surface area contributed by atoms with Crippen LogP contribution in [0.2, 0.25) is 0 Å². The predicted molar refractivity (Wildman–Crippen MR) is 77.0 cm³/mol. The summed E-state index contributed by atoms with van der Waals surface area (Å²) in [5, 5.41) is 3.64. The van der Waals surface area contributed by atoms with E-state index in [1.807, 2.05) is 6.33 Å². The Balaban J connectivity index is 1.63. The number of nitrogens with zero attached hydrogens (tertiary/aromatic N) is 3. The van der Waals surface area contributed by atoms with Gasteiger partial charge in [-0.15, -0.1) is 0 Å². The molecule has 2 saturated heterocycles. The first kappa shape index (κ1) is 13.1. The molecule has 0 radical (unpaired) electrons. The highest BCUT2D eigenvalue weighted by atomic mass is 15.1. The third-order valence-electron chi connectivity index (χ3n) is 4.70. The Hall–Kier alpha value is -0.870. The molecule has 0 bridgehead atoms. The zero-order valence-corrected chi connectivity index (χ0v) is 12.0. The average Bonchev–Trinajstić information content (AvgIpc) is 2.90. The van der Waals surface area contributed by atoms with Gasteiger partial charge < -0.3 is 14.8 Å². The van der Waals surface area contributed by atoms with Gasteiger partial charge in [0.1, 0.15) is 0 Å². The number of nitrogens with one attached hydrogen (secondary N) is 1. The number of aromatic nitrogens is 2. The van der Waals surface area contributed by atoms with Crippen LogP contribution in [0.4, 0.5) is 0 Å². The zero-order chi connectivity index (χ0) is 13.1. The molecule has 4 heteroatoms. The fourth-order valence-electron chi connectivity index (χ4n) is 3.40. The number of hydrogen-bond donors (Lipinski definition) is 1. The molecule has 1 aromatic rings. The highest BCUT2D eigenvalue weighted by molar-refractivity contribution is 5.06. The molecule has 106 valence electrons.